The van der Waals surface area contributed by atoms with Gasteiger partial charge in [-0.3, -0.25) is 4.98 Å². The molecule has 0 saturated heterocycles. The van der Waals surface area contributed by atoms with Crippen molar-refractivity contribution >= 4 is 0 Å². The Morgan fingerprint density at radius 1 is 1.24 bits per heavy atom. The molecule has 2 heteroatoms. The van der Waals surface area contributed by atoms with Crippen molar-refractivity contribution in [3.63, 3.8) is 0 Å². The van der Waals surface area contributed by atoms with Gasteiger partial charge in [-0.1, -0.05) is 31.7 Å². The molecule has 0 radical (unpaired) electrons. The maximum Gasteiger partial charge on any atom is 0.0419 e. The zero-order valence-corrected chi connectivity index (χ0v) is 10.9. The van der Waals surface area contributed by atoms with E-state index in [0.717, 1.165) is 12.1 Å². The quantitative estimate of drug-likeness (QED) is 0.813. The summed E-state index contributed by atoms with van der Waals surface area (Å²) in [4.78, 5) is 4.46. The highest BCUT2D eigenvalue weighted by Gasteiger charge is 2.19. The van der Waals surface area contributed by atoms with Crippen LogP contribution >= 0.6 is 0 Å². The topological polar surface area (TPSA) is 38.9 Å². The molecule has 1 unspecified atom stereocenters. The van der Waals surface area contributed by atoms with Crippen molar-refractivity contribution < 1.29 is 0 Å². The van der Waals surface area contributed by atoms with Crippen molar-refractivity contribution in [2.75, 3.05) is 0 Å². The van der Waals surface area contributed by atoms with Crippen LogP contribution in [-0.4, -0.2) is 11.0 Å². The summed E-state index contributed by atoms with van der Waals surface area (Å²) in [7, 11) is 0. The molecule has 2 N–H and O–H groups in total. The largest absolute Gasteiger partial charge is 0.327 e. The number of pyridine rings is 1. The van der Waals surface area contributed by atoms with E-state index in [-0.39, 0.29) is 0 Å². The van der Waals surface area contributed by atoms with E-state index in [1.807, 2.05) is 6.20 Å². The van der Waals surface area contributed by atoms with Gasteiger partial charge in [-0.2, -0.15) is 0 Å². The van der Waals surface area contributed by atoms with Crippen molar-refractivity contribution in [1.82, 2.24) is 4.98 Å². The van der Waals surface area contributed by atoms with Crippen molar-refractivity contribution in [2.45, 2.75) is 57.9 Å². The van der Waals surface area contributed by atoms with Gasteiger partial charge in [0.05, 0.1) is 0 Å². The van der Waals surface area contributed by atoms with Gasteiger partial charge in [-0.05, 0) is 37.3 Å². The van der Waals surface area contributed by atoms with E-state index in [4.69, 9.17) is 5.73 Å². The molecule has 2 rings (SSSR count). The summed E-state index contributed by atoms with van der Waals surface area (Å²) in [5, 5.41) is 0. The van der Waals surface area contributed by atoms with Gasteiger partial charge >= 0.3 is 0 Å². The molecule has 2 nitrogen and oxygen atoms in total. The molecule has 0 spiro atoms. The Kier molecular flexibility index (Phi) is 4.55. The number of nitrogens with zero attached hydrogens (tertiary/aromatic N) is 1. The van der Waals surface area contributed by atoms with Gasteiger partial charge in [0.25, 0.3) is 0 Å². The Bertz CT molecular complexity index is 323. The summed E-state index contributed by atoms with van der Waals surface area (Å²) < 4.78 is 0. The highest BCUT2D eigenvalue weighted by atomic mass is 14.7. The number of hydrogen-bond acceptors (Lipinski definition) is 2. The Labute approximate surface area is 105 Å². The van der Waals surface area contributed by atoms with Crippen molar-refractivity contribution in [2.24, 2.45) is 11.7 Å². The SMILES string of the molecule is Cc1ccc(CC(N)C2CCCCCC2)nc1. The lowest BCUT2D eigenvalue weighted by Crippen LogP contribution is -2.32. The summed E-state index contributed by atoms with van der Waals surface area (Å²) in [6, 6.07) is 4.54. The lowest BCUT2D eigenvalue weighted by molar-refractivity contribution is 0.370. The lowest BCUT2D eigenvalue weighted by Gasteiger charge is -2.22. The molecule has 1 fully saturated rings. The summed E-state index contributed by atoms with van der Waals surface area (Å²) >= 11 is 0. The second-order valence-corrected chi connectivity index (χ2v) is 5.45. The normalized spacial score (nSPS) is 19.9. The standard InChI is InChI=1S/C15H24N2/c1-12-8-9-14(17-11-12)10-15(16)13-6-4-2-3-5-7-13/h8-9,11,13,15H,2-7,10,16H2,1H3. The monoisotopic (exact) mass is 232 g/mol. The van der Waals surface area contributed by atoms with Gasteiger partial charge in [0.2, 0.25) is 0 Å². The van der Waals surface area contributed by atoms with Gasteiger partial charge in [-0.25, -0.2) is 0 Å². The van der Waals surface area contributed by atoms with E-state index < -0.39 is 0 Å². The van der Waals surface area contributed by atoms with Crippen LogP contribution in [0.2, 0.25) is 0 Å². The minimum atomic E-state index is 0.295. The molecular formula is C15H24N2. The van der Waals surface area contributed by atoms with E-state index >= 15 is 0 Å². The maximum atomic E-state index is 6.35. The molecular weight excluding hydrogens is 208 g/mol. The smallest absolute Gasteiger partial charge is 0.0419 e. The maximum absolute atomic E-state index is 6.35. The van der Waals surface area contributed by atoms with Crippen LogP contribution in [0.4, 0.5) is 0 Å². The molecule has 1 aromatic rings. The van der Waals surface area contributed by atoms with Crippen LogP contribution in [0, 0.1) is 12.8 Å². The Hall–Kier alpha value is -0.890. The van der Waals surface area contributed by atoms with E-state index in [0.29, 0.717) is 12.0 Å². The summed E-state index contributed by atoms with van der Waals surface area (Å²) in [6.45, 7) is 2.07. The molecule has 1 heterocycles. The van der Waals surface area contributed by atoms with Gasteiger partial charge in [-0.15, -0.1) is 0 Å². The van der Waals surface area contributed by atoms with Crippen LogP contribution in [0.15, 0.2) is 18.3 Å². The fourth-order valence-corrected chi connectivity index (χ4v) is 2.77. The predicted molar refractivity (Wildman–Crippen MR) is 71.8 cm³/mol. The third-order valence-electron chi connectivity index (χ3n) is 3.92. The van der Waals surface area contributed by atoms with E-state index in [9.17, 15) is 0 Å². The van der Waals surface area contributed by atoms with Crippen LogP contribution in [0.25, 0.3) is 0 Å². The molecule has 17 heavy (non-hydrogen) atoms. The molecule has 1 atom stereocenters. The first-order valence-electron chi connectivity index (χ1n) is 6.93. The van der Waals surface area contributed by atoms with Gasteiger partial charge in [0.15, 0.2) is 0 Å². The fraction of sp³-hybridized carbons (Fsp3) is 0.667. The molecule has 1 saturated carbocycles. The van der Waals surface area contributed by atoms with Gasteiger partial charge in [0.1, 0.15) is 0 Å². The predicted octanol–water partition coefficient (Wildman–Crippen LogP) is 3.23. The van der Waals surface area contributed by atoms with Crippen molar-refractivity contribution in [1.29, 1.82) is 0 Å². The third-order valence-corrected chi connectivity index (χ3v) is 3.92. The first kappa shape index (κ1) is 12.6. The van der Waals surface area contributed by atoms with E-state index in [1.165, 1.54) is 44.1 Å². The van der Waals surface area contributed by atoms with Crippen molar-refractivity contribution in [3.8, 4) is 0 Å². The number of hydrogen-bond donors (Lipinski definition) is 1. The Morgan fingerprint density at radius 3 is 2.53 bits per heavy atom. The van der Waals surface area contributed by atoms with Crippen molar-refractivity contribution in [3.05, 3.63) is 29.6 Å². The summed E-state index contributed by atoms with van der Waals surface area (Å²) in [5.74, 6) is 0.709. The fourth-order valence-electron chi connectivity index (χ4n) is 2.77. The average Bonchev–Trinajstić information content (AvgIpc) is 2.61. The first-order chi connectivity index (χ1) is 8.25. The van der Waals surface area contributed by atoms with Crippen LogP contribution in [0.1, 0.15) is 49.8 Å². The van der Waals surface area contributed by atoms with Gasteiger partial charge < -0.3 is 5.73 Å². The molecule has 0 amide bonds. The summed E-state index contributed by atoms with van der Waals surface area (Å²) in [6.07, 6.45) is 11.0. The zero-order valence-electron chi connectivity index (χ0n) is 10.9. The molecule has 0 aromatic carbocycles. The highest BCUT2D eigenvalue weighted by molar-refractivity contribution is 5.13. The second kappa shape index (κ2) is 6.15. The molecule has 0 aliphatic heterocycles. The minimum Gasteiger partial charge on any atom is -0.327 e. The average molecular weight is 232 g/mol. The van der Waals surface area contributed by atoms with Gasteiger partial charge in [0, 0.05) is 24.4 Å². The van der Waals surface area contributed by atoms with Crippen LogP contribution in [0.3, 0.4) is 0 Å². The lowest BCUT2D eigenvalue weighted by atomic mass is 9.89. The molecule has 1 aliphatic rings. The second-order valence-electron chi connectivity index (χ2n) is 5.45. The molecule has 94 valence electrons. The Morgan fingerprint density at radius 2 is 1.94 bits per heavy atom. The molecule has 0 bridgehead atoms. The number of rotatable bonds is 3. The number of aromatic nitrogens is 1. The molecule has 1 aromatic heterocycles. The zero-order chi connectivity index (χ0) is 12.1. The summed E-state index contributed by atoms with van der Waals surface area (Å²) in [5.41, 5.74) is 8.71. The number of nitrogens with two attached hydrogens (primary N) is 1. The molecule has 1 aliphatic carbocycles. The van der Waals surface area contributed by atoms with E-state index in [1.54, 1.807) is 0 Å². The van der Waals surface area contributed by atoms with Crippen LogP contribution in [-0.2, 0) is 6.42 Å². The van der Waals surface area contributed by atoms with Crippen LogP contribution in [0.5, 0.6) is 0 Å². The third kappa shape index (κ3) is 3.81. The highest BCUT2D eigenvalue weighted by Crippen LogP contribution is 2.25. The van der Waals surface area contributed by atoms with Crippen LogP contribution < -0.4 is 5.73 Å². The minimum absolute atomic E-state index is 0.295. The van der Waals surface area contributed by atoms with E-state index in [2.05, 4.69) is 24.0 Å². The first-order valence-corrected chi connectivity index (χ1v) is 6.93. The number of aryl methyl sites for hydroxylation is 1. The Balaban J connectivity index is 1.90.